The summed E-state index contributed by atoms with van der Waals surface area (Å²) in [6.07, 6.45) is 0.479. The smallest absolute Gasteiger partial charge is 0.147 e. The van der Waals surface area contributed by atoms with Crippen LogP contribution in [-0.2, 0) is 9.84 Å². The van der Waals surface area contributed by atoms with Gasteiger partial charge in [0.1, 0.15) is 9.84 Å². The Kier molecular flexibility index (Phi) is 4.79. The van der Waals surface area contributed by atoms with Crippen molar-refractivity contribution in [1.82, 2.24) is 0 Å². The van der Waals surface area contributed by atoms with Crippen LogP contribution in [0, 0.1) is 0 Å². The summed E-state index contributed by atoms with van der Waals surface area (Å²) in [7, 11) is -3.06. The Hall–Kier alpha value is -0.100. The van der Waals surface area contributed by atoms with Gasteiger partial charge >= 0.3 is 0 Å². The lowest BCUT2D eigenvalue weighted by molar-refractivity contribution is 0.173. The van der Waals surface area contributed by atoms with Gasteiger partial charge in [-0.1, -0.05) is 27.5 Å². The molecule has 0 saturated carbocycles. The average Bonchev–Trinajstić information content (AvgIpc) is 2.17. The molecule has 1 N–H and O–H groups in total. The first-order valence-corrected chi connectivity index (χ1v) is 7.83. The van der Waals surface area contributed by atoms with Gasteiger partial charge in [-0.3, -0.25) is 0 Å². The number of hydrogen-bond acceptors (Lipinski definition) is 3. The molecule has 0 aliphatic carbocycles. The van der Waals surface area contributed by atoms with Crippen LogP contribution in [0.3, 0.4) is 0 Å². The number of sulfone groups is 1. The highest BCUT2D eigenvalue weighted by molar-refractivity contribution is 9.10. The molecular formula is C10H12BrClO3S. The van der Waals surface area contributed by atoms with Gasteiger partial charge in [0, 0.05) is 15.8 Å². The number of aliphatic hydroxyl groups excluding tert-OH is 1. The highest BCUT2D eigenvalue weighted by atomic mass is 79.9. The molecule has 0 radical (unpaired) electrons. The molecule has 0 aromatic heterocycles. The summed E-state index contributed by atoms with van der Waals surface area (Å²) in [6.45, 7) is 0. The van der Waals surface area contributed by atoms with E-state index in [4.69, 9.17) is 11.6 Å². The number of benzene rings is 1. The molecule has 6 heteroatoms. The molecule has 1 aromatic rings. The van der Waals surface area contributed by atoms with E-state index in [1.807, 2.05) is 0 Å². The Morgan fingerprint density at radius 2 is 2.12 bits per heavy atom. The highest BCUT2D eigenvalue weighted by Gasteiger charge is 2.14. The second-order valence-electron chi connectivity index (χ2n) is 3.60. The molecule has 0 aliphatic heterocycles. The van der Waals surface area contributed by atoms with Gasteiger partial charge in [0.05, 0.1) is 11.9 Å². The summed E-state index contributed by atoms with van der Waals surface area (Å²) in [6, 6.07) is 5.04. The van der Waals surface area contributed by atoms with E-state index in [2.05, 4.69) is 15.9 Å². The minimum atomic E-state index is -3.06. The molecule has 0 fully saturated rings. The zero-order valence-electron chi connectivity index (χ0n) is 8.65. The van der Waals surface area contributed by atoms with Crippen molar-refractivity contribution in [3.8, 4) is 0 Å². The molecular weight excluding hydrogens is 316 g/mol. The predicted octanol–water partition coefficient (Wildman–Crippen LogP) is 2.57. The summed E-state index contributed by atoms with van der Waals surface area (Å²) in [5, 5.41) is 10.3. The van der Waals surface area contributed by atoms with Gasteiger partial charge in [0.15, 0.2) is 0 Å². The van der Waals surface area contributed by atoms with Crippen molar-refractivity contribution in [3.63, 3.8) is 0 Å². The van der Waals surface area contributed by atoms with Crippen molar-refractivity contribution >= 4 is 37.4 Å². The minimum absolute atomic E-state index is 0.0485. The van der Waals surface area contributed by atoms with Crippen molar-refractivity contribution in [2.24, 2.45) is 0 Å². The van der Waals surface area contributed by atoms with Crippen molar-refractivity contribution < 1.29 is 13.5 Å². The van der Waals surface area contributed by atoms with E-state index < -0.39 is 15.9 Å². The molecule has 0 aliphatic rings. The molecule has 0 spiro atoms. The quantitative estimate of drug-likeness (QED) is 0.924. The molecule has 0 amide bonds. The van der Waals surface area contributed by atoms with Crippen LogP contribution in [0.5, 0.6) is 0 Å². The fourth-order valence-electron chi connectivity index (χ4n) is 1.25. The lowest BCUT2D eigenvalue weighted by atomic mass is 10.1. The van der Waals surface area contributed by atoms with Crippen molar-refractivity contribution in [2.75, 3.05) is 12.0 Å². The molecule has 1 atom stereocenters. The van der Waals surface area contributed by atoms with E-state index in [0.29, 0.717) is 10.6 Å². The monoisotopic (exact) mass is 326 g/mol. The summed E-state index contributed by atoms with van der Waals surface area (Å²) in [4.78, 5) is 0. The Morgan fingerprint density at radius 1 is 1.50 bits per heavy atom. The zero-order valence-corrected chi connectivity index (χ0v) is 11.8. The topological polar surface area (TPSA) is 54.4 Å². The zero-order chi connectivity index (χ0) is 12.3. The Labute approximate surface area is 108 Å². The molecule has 3 nitrogen and oxygen atoms in total. The molecule has 16 heavy (non-hydrogen) atoms. The number of halogens is 2. The lowest BCUT2D eigenvalue weighted by Gasteiger charge is -2.12. The van der Waals surface area contributed by atoms with Gasteiger partial charge in [-0.05, 0) is 30.2 Å². The van der Waals surface area contributed by atoms with Crippen LogP contribution >= 0.6 is 27.5 Å². The summed E-state index contributed by atoms with van der Waals surface area (Å²) < 4.78 is 22.7. The first-order valence-electron chi connectivity index (χ1n) is 4.60. The fraction of sp³-hybridized carbons (Fsp3) is 0.400. The van der Waals surface area contributed by atoms with E-state index in [-0.39, 0.29) is 12.2 Å². The maximum Gasteiger partial charge on any atom is 0.147 e. The molecule has 90 valence electrons. The minimum Gasteiger partial charge on any atom is -0.388 e. The van der Waals surface area contributed by atoms with E-state index in [1.165, 1.54) is 0 Å². The fourth-order valence-corrected chi connectivity index (χ4v) is 2.59. The third kappa shape index (κ3) is 4.41. The van der Waals surface area contributed by atoms with Gasteiger partial charge in [0.2, 0.25) is 0 Å². The maximum absolute atomic E-state index is 11.0. The van der Waals surface area contributed by atoms with E-state index in [1.54, 1.807) is 18.2 Å². The number of aliphatic hydroxyl groups is 1. The lowest BCUT2D eigenvalue weighted by Crippen LogP contribution is -2.08. The van der Waals surface area contributed by atoms with Gasteiger partial charge in [-0.25, -0.2) is 8.42 Å². The maximum atomic E-state index is 11.0. The van der Waals surface area contributed by atoms with Gasteiger partial charge in [-0.15, -0.1) is 0 Å². The number of rotatable bonds is 4. The standard InChI is InChI=1S/C10H12BrClO3S/c1-16(14,15)5-4-10(13)8-6-7(12)2-3-9(8)11/h2-3,6,10,13H,4-5H2,1H3. The molecule has 1 rings (SSSR count). The van der Waals surface area contributed by atoms with Gasteiger partial charge < -0.3 is 5.11 Å². The van der Waals surface area contributed by atoms with Crippen LogP contribution in [0.15, 0.2) is 22.7 Å². The Balaban J connectivity index is 2.80. The first kappa shape index (κ1) is 14.0. The summed E-state index contributed by atoms with van der Waals surface area (Å²) in [5.74, 6) is -0.0485. The van der Waals surface area contributed by atoms with E-state index in [9.17, 15) is 13.5 Å². The van der Waals surface area contributed by atoms with Gasteiger partial charge in [0.25, 0.3) is 0 Å². The average molecular weight is 328 g/mol. The van der Waals surface area contributed by atoms with Crippen LogP contribution < -0.4 is 0 Å². The SMILES string of the molecule is CS(=O)(=O)CCC(O)c1cc(Cl)ccc1Br. The van der Waals surface area contributed by atoms with E-state index >= 15 is 0 Å². The first-order chi connectivity index (χ1) is 7.29. The Bertz CT molecular complexity index is 473. The van der Waals surface area contributed by atoms with Crippen LogP contribution in [0.4, 0.5) is 0 Å². The van der Waals surface area contributed by atoms with Crippen LogP contribution in [-0.4, -0.2) is 25.5 Å². The third-order valence-electron chi connectivity index (χ3n) is 2.08. The third-order valence-corrected chi connectivity index (χ3v) is 4.01. The number of hydrogen-bond donors (Lipinski definition) is 1. The molecule has 0 saturated heterocycles. The van der Waals surface area contributed by atoms with E-state index in [0.717, 1.165) is 10.7 Å². The van der Waals surface area contributed by atoms with Crippen molar-refractivity contribution in [2.45, 2.75) is 12.5 Å². The van der Waals surface area contributed by atoms with Crippen LogP contribution in [0.1, 0.15) is 18.1 Å². The molecule has 0 bridgehead atoms. The summed E-state index contributed by atoms with van der Waals surface area (Å²) in [5.41, 5.74) is 0.608. The molecule has 1 aromatic carbocycles. The van der Waals surface area contributed by atoms with Crippen molar-refractivity contribution in [3.05, 3.63) is 33.3 Å². The molecule has 0 heterocycles. The van der Waals surface area contributed by atoms with Crippen LogP contribution in [0.25, 0.3) is 0 Å². The predicted molar refractivity (Wildman–Crippen MR) is 68.4 cm³/mol. The highest BCUT2D eigenvalue weighted by Crippen LogP contribution is 2.28. The largest absolute Gasteiger partial charge is 0.388 e. The van der Waals surface area contributed by atoms with Crippen LogP contribution in [0.2, 0.25) is 5.02 Å². The second kappa shape index (κ2) is 5.49. The van der Waals surface area contributed by atoms with Gasteiger partial charge in [-0.2, -0.15) is 0 Å². The summed E-state index contributed by atoms with van der Waals surface area (Å²) >= 11 is 9.08. The normalized spacial score (nSPS) is 13.8. The molecule has 1 unspecified atom stereocenters. The Morgan fingerprint density at radius 3 is 2.69 bits per heavy atom. The van der Waals surface area contributed by atoms with Crippen molar-refractivity contribution in [1.29, 1.82) is 0 Å². The second-order valence-corrected chi connectivity index (χ2v) is 7.15.